The van der Waals surface area contributed by atoms with Gasteiger partial charge in [0.25, 0.3) is 0 Å². The first-order valence-electron chi connectivity index (χ1n) is 3.82. The molecule has 0 spiro atoms. The van der Waals surface area contributed by atoms with Crippen LogP contribution in [-0.4, -0.2) is 12.7 Å². The Morgan fingerprint density at radius 1 is 1.58 bits per heavy atom. The first-order valence-corrected chi connectivity index (χ1v) is 4.99. The van der Waals surface area contributed by atoms with Gasteiger partial charge in [-0.1, -0.05) is 33.6 Å². The smallest absolute Gasteiger partial charge is 0.0851 e. The molecule has 0 saturated carbocycles. The molecule has 3 heteroatoms. The van der Waals surface area contributed by atoms with Crippen molar-refractivity contribution in [3.63, 3.8) is 0 Å². The molecule has 0 amide bonds. The maximum atomic E-state index is 6.02. The van der Waals surface area contributed by atoms with Crippen molar-refractivity contribution in [3.8, 4) is 0 Å². The van der Waals surface area contributed by atoms with Crippen LogP contribution in [0.2, 0.25) is 5.02 Å². The Bertz CT molecular complexity index is 276. The lowest BCUT2D eigenvalue weighted by atomic mass is 10.1. The van der Waals surface area contributed by atoms with Crippen molar-refractivity contribution in [3.05, 3.63) is 33.3 Å². The first-order chi connectivity index (χ1) is 5.77. The van der Waals surface area contributed by atoms with E-state index in [0.717, 1.165) is 28.1 Å². The summed E-state index contributed by atoms with van der Waals surface area (Å²) in [6.07, 6.45) is 1.31. The van der Waals surface area contributed by atoms with Crippen molar-refractivity contribution in [1.82, 2.24) is 0 Å². The summed E-state index contributed by atoms with van der Waals surface area (Å²) in [5.74, 6) is 0. The van der Waals surface area contributed by atoms with Crippen LogP contribution < -0.4 is 0 Å². The maximum absolute atomic E-state index is 6.02. The van der Waals surface area contributed by atoms with Crippen LogP contribution in [0.5, 0.6) is 0 Å². The van der Waals surface area contributed by atoms with E-state index in [0.29, 0.717) is 6.10 Å². The normalized spacial score (nSPS) is 21.0. The van der Waals surface area contributed by atoms with Crippen LogP contribution >= 0.6 is 27.5 Å². The predicted octanol–water partition coefficient (Wildman–Crippen LogP) is 3.04. The second kappa shape index (κ2) is 3.36. The number of halogens is 2. The minimum atomic E-state index is 0.390. The van der Waals surface area contributed by atoms with Gasteiger partial charge in [0.2, 0.25) is 0 Å². The van der Waals surface area contributed by atoms with Crippen molar-refractivity contribution in [2.24, 2.45) is 0 Å². The van der Waals surface area contributed by atoms with Crippen LogP contribution in [0.4, 0.5) is 0 Å². The van der Waals surface area contributed by atoms with E-state index in [4.69, 9.17) is 16.3 Å². The van der Waals surface area contributed by atoms with E-state index in [-0.39, 0.29) is 0 Å². The van der Waals surface area contributed by atoms with Gasteiger partial charge in [-0.2, -0.15) is 0 Å². The van der Waals surface area contributed by atoms with E-state index < -0.39 is 0 Å². The molecule has 12 heavy (non-hydrogen) atoms. The van der Waals surface area contributed by atoms with Crippen LogP contribution in [-0.2, 0) is 11.2 Å². The third kappa shape index (κ3) is 1.82. The molecule has 1 heterocycles. The minimum absolute atomic E-state index is 0.390. The van der Waals surface area contributed by atoms with Gasteiger partial charge in [0.1, 0.15) is 0 Å². The summed E-state index contributed by atoms with van der Waals surface area (Å²) in [5.41, 5.74) is 1.15. The molecule has 0 N–H and O–H groups in total. The Kier molecular flexibility index (Phi) is 2.40. The summed E-state index contributed by atoms with van der Waals surface area (Å²) < 4.78 is 6.22. The average Bonchev–Trinajstić information content (AvgIpc) is 2.80. The lowest BCUT2D eigenvalue weighted by molar-refractivity contribution is 0.407. The quantitative estimate of drug-likeness (QED) is 0.732. The lowest BCUT2D eigenvalue weighted by Gasteiger charge is -2.03. The summed E-state index contributed by atoms with van der Waals surface area (Å²) in [6.45, 7) is 0.873. The van der Waals surface area contributed by atoms with E-state index >= 15 is 0 Å². The van der Waals surface area contributed by atoms with Gasteiger partial charge in [0, 0.05) is 15.9 Å². The first kappa shape index (κ1) is 8.54. The summed E-state index contributed by atoms with van der Waals surface area (Å²) in [5, 5.41) is 0.819. The van der Waals surface area contributed by atoms with Gasteiger partial charge < -0.3 is 4.74 Å². The molecule has 1 aliphatic rings. The molecule has 0 aliphatic carbocycles. The molecule has 1 unspecified atom stereocenters. The number of hydrogen-bond donors (Lipinski definition) is 0. The van der Waals surface area contributed by atoms with Crippen LogP contribution in [0.15, 0.2) is 22.7 Å². The highest BCUT2D eigenvalue weighted by Gasteiger charge is 2.24. The van der Waals surface area contributed by atoms with Crippen LogP contribution in [0.3, 0.4) is 0 Å². The number of benzene rings is 1. The topological polar surface area (TPSA) is 12.5 Å². The minimum Gasteiger partial charge on any atom is -0.373 e. The molecule has 1 aromatic rings. The largest absolute Gasteiger partial charge is 0.373 e. The molecule has 1 aromatic carbocycles. The Labute approximate surface area is 84.8 Å². The van der Waals surface area contributed by atoms with Crippen LogP contribution in [0, 0.1) is 0 Å². The van der Waals surface area contributed by atoms with Crippen molar-refractivity contribution in [2.75, 3.05) is 6.61 Å². The Morgan fingerprint density at radius 2 is 2.33 bits per heavy atom. The number of epoxide rings is 1. The zero-order chi connectivity index (χ0) is 8.55. The Balaban J connectivity index is 2.26. The zero-order valence-electron chi connectivity index (χ0n) is 6.39. The van der Waals surface area contributed by atoms with Gasteiger partial charge in [-0.15, -0.1) is 0 Å². The lowest BCUT2D eigenvalue weighted by Crippen LogP contribution is -1.94. The highest BCUT2D eigenvalue weighted by Crippen LogP contribution is 2.28. The van der Waals surface area contributed by atoms with Gasteiger partial charge in [0.15, 0.2) is 0 Å². The van der Waals surface area contributed by atoms with E-state index in [1.807, 2.05) is 18.2 Å². The molecule has 0 radical (unpaired) electrons. The molecular weight excluding hydrogens is 239 g/mol. The van der Waals surface area contributed by atoms with Gasteiger partial charge in [-0.3, -0.25) is 0 Å². The molecular formula is C9H8BrClO. The molecule has 1 aliphatic heterocycles. The van der Waals surface area contributed by atoms with E-state index in [2.05, 4.69) is 15.9 Å². The predicted molar refractivity (Wildman–Crippen MR) is 52.6 cm³/mol. The van der Waals surface area contributed by atoms with E-state index in [9.17, 15) is 0 Å². The van der Waals surface area contributed by atoms with Gasteiger partial charge in [0.05, 0.1) is 12.7 Å². The monoisotopic (exact) mass is 246 g/mol. The third-order valence-electron chi connectivity index (χ3n) is 1.90. The van der Waals surface area contributed by atoms with Crippen molar-refractivity contribution >= 4 is 27.5 Å². The molecule has 1 atom stereocenters. The summed E-state index contributed by atoms with van der Waals surface area (Å²) in [7, 11) is 0. The second-order valence-corrected chi connectivity index (χ2v) is 4.12. The van der Waals surface area contributed by atoms with Gasteiger partial charge >= 0.3 is 0 Å². The van der Waals surface area contributed by atoms with Gasteiger partial charge in [-0.05, 0) is 17.7 Å². The zero-order valence-corrected chi connectivity index (χ0v) is 8.73. The third-order valence-corrected chi connectivity index (χ3v) is 2.99. The molecule has 64 valence electrons. The Hall–Kier alpha value is -0.0500. The van der Waals surface area contributed by atoms with Crippen molar-refractivity contribution in [1.29, 1.82) is 0 Å². The number of rotatable bonds is 2. The fraction of sp³-hybridized carbons (Fsp3) is 0.333. The molecule has 0 bridgehead atoms. The molecule has 1 saturated heterocycles. The van der Waals surface area contributed by atoms with Crippen LogP contribution in [0.1, 0.15) is 5.56 Å². The number of ether oxygens (including phenoxy) is 1. The number of hydrogen-bond acceptors (Lipinski definition) is 1. The summed E-state index contributed by atoms with van der Waals surface area (Å²) >= 11 is 9.48. The molecule has 1 nitrogen and oxygen atoms in total. The van der Waals surface area contributed by atoms with Crippen LogP contribution in [0.25, 0.3) is 0 Å². The van der Waals surface area contributed by atoms with Crippen molar-refractivity contribution in [2.45, 2.75) is 12.5 Å². The molecule has 0 aromatic heterocycles. The average molecular weight is 248 g/mol. The molecule has 1 fully saturated rings. The Morgan fingerprint density at radius 3 is 2.92 bits per heavy atom. The van der Waals surface area contributed by atoms with Gasteiger partial charge in [-0.25, -0.2) is 0 Å². The van der Waals surface area contributed by atoms with Crippen molar-refractivity contribution < 1.29 is 4.74 Å². The fourth-order valence-electron chi connectivity index (χ4n) is 1.14. The van der Waals surface area contributed by atoms with E-state index in [1.165, 1.54) is 0 Å². The SMILES string of the molecule is Clc1cccc(Br)c1CC1CO1. The second-order valence-electron chi connectivity index (χ2n) is 2.86. The molecule has 2 rings (SSSR count). The summed E-state index contributed by atoms with van der Waals surface area (Å²) in [4.78, 5) is 0. The highest BCUT2D eigenvalue weighted by molar-refractivity contribution is 9.10. The fourth-order valence-corrected chi connectivity index (χ4v) is 2.03. The van der Waals surface area contributed by atoms with E-state index in [1.54, 1.807) is 0 Å². The standard InChI is InChI=1S/C9H8BrClO/c10-8-2-1-3-9(11)7(8)4-6-5-12-6/h1-3,6H,4-5H2. The highest BCUT2D eigenvalue weighted by atomic mass is 79.9. The summed E-state index contributed by atoms with van der Waals surface area (Å²) in [6, 6.07) is 5.84. The maximum Gasteiger partial charge on any atom is 0.0851 e.